The van der Waals surface area contributed by atoms with Gasteiger partial charge in [0.15, 0.2) is 0 Å². The van der Waals surface area contributed by atoms with Gasteiger partial charge in [-0.2, -0.15) is 0 Å². The van der Waals surface area contributed by atoms with Crippen LogP contribution in [0.5, 0.6) is 0 Å². The molecular formula is C13H18ClNS. The lowest BCUT2D eigenvalue weighted by Crippen LogP contribution is -2.31. The molecule has 0 aliphatic carbocycles. The van der Waals surface area contributed by atoms with E-state index in [-0.39, 0.29) is 0 Å². The highest BCUT2D eigenvalue weighted by Crippen LogP contribution is 2.22. The average Bonchev–Trinajstić information content (AvgIpc) is 2.26. The van der Waals surface area contributed by atoms with Crippen LogP contribution in [-0.2, 0) is 0 Å². The Labute approximate surface area is 107 Å². The van der Waals surface area contributed by atoms with Crippen molar-refractivity contribution in [1.29, 1.82) is 0 Å². The van der Waals surface area contributed by atoms with Gasteiger partial charge in [0.1, 0.15) is 0 Å². The first-order valence-electron chi connectivity index (χ1n) is 5.40. The zero-order valence-corrected chi connectivity index (χ0v) is 11.4. The highest BCUT2D eigenvalue weighted by Gasteiger charge is 2.07. The number of hydrogen-bond acceptors (Lipinski definition) is 2. The zero-order chi connectivity index (χ0) is 12.0. The molecule has 1 N–H and O–H groups in total. The number of rotatable bonds is 6. The van der Waals surface area contributed by atoms with Gasteiger partial charge in [0.25, 0.3) is 0 Å². The Morgan fingerprint density at radius 3 is 2.56 bits per heavy atom. The maximum Gasteiger partial charge on any atom is 0.0406 e. The summed E-state index contributed by atoms with van der Waals surface area (Å²) in [7, 11) is 0. The second kappa shape index (κ2) is 7.00. The zero-order valence-electron chi connectivity index (χ0n) is 9.79. The van der Waals surface area contributed by atoms with E-state index in [0.29, 0.717) is 6.04 Å². The third kappa shape index (κ3) is 4.60. The summed E-state index contributed by atoms with van der Waals surface area (Å²) in [4.78, 5) is 1.24. The van der Waals surface area contributed by atoms with Crippen LogP contribution >= 0.6 is 23.4 Å². The van der Waals surface area contributed by atoms with Crippen molar-refractivity contribution in [3.05, 3.63) is 41.4 Å². The van der Waals surface area contributed by atoms with E-state index in [1.165, 1.54) is 10.5 Å². The third-order valence-corrected chi connectivity index (χ3v) is 3.63. The molecule has 0 fully saturated rings. The Morgan fingerprint density at radius 1 is 1.44 bits per heavy atom. The van der Waals surface area contributed by atoms with Gasteiger partial charge in [0.2, 0.25) is 0 Å². The van der Waals surface area contributed by atoms with E-state index in [1.54, 1.807) is 0 Å². The lowest BCUT2D eigenvalue weighted by Gasteiger charge is -2.17. The number of halogens is 1. The fourth-order valence-corrected chi connectivity index (χ4v) is 2.55. The normalized spacial score (nSPS) is 12.4. The average molecular weight is 256 g/mol. The van der Waals surface area contributed by atoms with Crippen molar-refractivity contribution >= 4 is 23.4 Å². The minimum atomic E-state index is 0.380. The second-order valence-corrected chi connectivity index (χ2v) is 5.25. The van der Waals surface area contributed by atoms with Crippen molar-refractivity contribution in [3.63, 3.8) is 0 Å². The minimum absolute atomic E-state index is 0.380. The fraction of sp³-hybridized carbons (Fsp3) is 0.385. The summed E-state index contributed by atoms with van der Waals surface area (Å²) in [5.74, 6) is 1.00. The molecule has 1 unspecified atom stereocenters. The Balaban J connectivity index is 2.48. The second-order valence-electron chi connectivity index (χ2n) is 3.72. The largest absolute Gasteiger partial charge is 0.310 e. The maximum absolute atomic E-state index is 5.84. The summed E-state index contributed by atoms with van der Waals surface area (Å²) in [6, 6.07) is 8.33. The van der Waals surface area contributed by atoms with Crippen molar-refractivity contribution in [2.45, 2.75) is 24.8 Å². The predicted octanol–water partition coefficient (Wildman–Crippen LogP) is 3.99. The van der Waals surface area contributed by atoms with Crippen LogP contribution in [0.3, 0.4) is 0 Å². The van der Waals surface area contributed by atoms with Crippen molar-refractivity contribution in [3.8, 4) is 0 Å². The number of likely N-dealkylation sites (N-methyl/N-ethyl adjacent to an activating group) is 1. The van der Waals surface area contributed by atoms with Gasteiger partial charge in [0, 0.05) is 21.7 Å². The van der Waals surface area contributed by atoms with E-state index in [0.717, 1.165) is 17.3 Å². The van der Waals surface area contributed by atoms with Crippen molar-refractivity contribution in [2.75, 3.05) is 12.3 Å². The lowest BCUT2D eigenvalue weighted by atomic mass is 10.2. The molecule has 0 saturated carbocycles. The molecule has 0 aromatic heterocycles. The fourth-order valence-electron chi connectivity index (χ4n) is 1.33. The Bertz CT molecular complexity index is 334. The third-order valence-electron chi connectivity index (χ3n) is 2.28. The molecule has 1 aromatic rings. The van der Waals surface area contributed by atoms with Gasteiger partial charge in [-0.05, 0) is 37.7 Å². The van der Waals surface area contributed by atoms with Crippen molar-refractivity contribution in [1.82, 2.24) is 5.32 Å². The van der Waals surface area contributed by atoms with Gasteiger partial charge in [0.05, 0.1) is 0 Å². The molecule has 0 amide bonds. The molecule has 1 aromatic carbocycles. The van der Waals surface area contributed by atoms with E-state index in [9.17, 15) is 0 Å². The van der Waals surface area contributed by atoms with Crippen LogP contribution in [-0.4, -0.2) is 18.3 Å². The molecule has 0 heterocycles. The van der Waals surface area contributed by atoms with E-state index in [1.807, 2.05) is 23.9 Å². The minimum Gasteiger partial charge on any atom is -0.310 e. The van der Waals surface area contributed by atoms with Crippen molar-refractivity contribution < 1.29 is 0 Å². The van der Waals surface area contributed by atoms with Gasteiger partial charge in [-0.25, -0.2) is 0 Å². The first-order chi connectivity index (χ1) is 7.63. The van der Waals surface area contributed by atoms with Crippen LogP contribution in [0.25, 0.3) is 0 Å². The lowest BCUT2D eigenvalue weighted by molar-refractivity contribution is 0.642. The summed E-state index contributed by atoms with van der Waals surface area (Å²) < 4.78 is 0. The van der Waals surface area contributed by atoms with Crippen LogP contribution in [0.2, 0.25) is 5.02 Å². The molecule has 0 spiro atoms. The van der Waals surface area contributed by atoms with Gasteiger partial charge >= 0.3 is 0 Å². The Kier molecular flexibility index (Phi) is 5.96. The highest BCUT2D eigenvalue weighted by atomic mass is 35.5. The monoisotopic (exact) mass is 255 g/mol. The summed E-state index contributed by atoms with van der Waals surface area (Å²) in [6.07, 6.45) is 0. The quantitative estimate of drug-likeness (QED) is 0.610. The number of nitrogens with one attached hydrogen (secondary N) is 1. The van der Waals surface area contributed by atoms with Gasteiger partial charge in [-0.1, -0.05) is 30.7 Å². The molecule has 88 valence electrons. The van der Waals surface area contributed by atoms with Crippen molar-refractivity contribution in [2.24, 2.45) is 0 Å². The van der Waals surface area contributed by atoms with Crippen LogP contribution in [0, 0.1) is 0 Å². The summed E-state index contributed by atoms with van der Waals surface area (Å²) in [5, 5.41) is 4.20. The highest BCUT2D eigenvalue weighted by molar-refractivity contribution is 7.99. The topological polar surface area (TPSA) is 12.0 Å². The van der Waals surface area contributed by atoms with Crippen LogP contribution < -0.4 is 5.32 Å². The smallest absolute Gasteiger partial charge is 0.0406 e. The molecule has 1 nitrogen and oxygen atoms in total. The number of thioether (sulfide) groups is 1. The molecule has 16 heavy (non-hydrogen) atoms. The first-order valence-corrected chi connectivity index (χ1v) is 6.77. The van der Waals surface area contributed by atoms with E-state index in [2.05, 4.69) is 37.9 Å². The summed E-state index contributed by atoms with van der Waals surface area (Å²) >= 11 is 7.66. The van der Waals surface area contributed by atoms with Crippen LogP contribution in [0.15, 0.2) is 41.3 Å². The number of benzene rings is 1. The molecule has 0 aliphatic rings. The first kappa shape index (κ1) is 13.6. The molecule has 1 rings (SSSR count). The maximum atomic E-state index is 5.84. The predicted molar refractivity (Wildman–Crippen MR) is 74.5 cm³/mol. The molecule has 0 radical (unpaired) electrons. The molecule has 3 heteroatoms. The van der Waals surface area contributed by atoms with E-state index in [4.69, 9.17) is 11.6 Å². The molecule has 0 aliphatic heterocycles. The Hall–Kier alpha value is -0.440. The standard InChI is InChI=1S/C13H18ClNS/c1-4-15-13(10(2)3)9-16-12-7-5-11(14)6-8-12/h5-8,13,15H,2,4,9H2,1,3H3. The van der Waals surface area contributed by atoms with Crippen LogP contribution in [0.1, 0.15) is 13.8 Å². The van der Waals surface area contributed by atoms with Crippen LogP contribution in [0.4, 0.5) is 0 Å². The summed E-state index contributed by atoms with van der Waals surface area (Å²) in [5.41, 5.74) is 1.18. The van der Waals surface area contributed by atoms with Gasteiger partial charge < -0.3 is 5.32 Å². The Morgan fingerprint density at radius 2 is 2.06 bits per heavy atom. The summed E-state index contributed by atoms with van der Waals surface area (Å²) in [6.45, 7) is 9.15. The van der Waals surface area contributed by atoms with E-state index < -0.39 is 0 Å². The number of hydrogen-bond donors (Lipinski definition) is 1. The van der Waals surface area contributed by atoms with E-state index >= 15 is 0 Å². The SMILES string of the molecule is C=C(C)C(CSc1ccc(Cl)cc1)NCC. The van der Waals surface area contributed by atoms with Gasteiger partial charge in [-0.15, -0.1) is 11.8 Å². The van der Waals surface area contributed by atoms with Gasteiger partial charge in [-0.3, -0.25) is 0 Å². The molecule has 1 atom stereocenters. The molecule has 0 bridgehead atoms. The molecule has 0 saturated heterocycles. The molecular weight excluding hydrogens is 238 g/mol.